The molecule has 21 heavy (non-hydrogen) atoms. The van der Waals surface area contributed by atoms with E-state index in [1.165, 1.54) is 48.4 Å². The molecule has 0 atom stereocenters. The Morgan fingerprint density at radius 2 is 2.05 bits per heavy atom. The Labute approximate surface area is 125 Å². The van der Waals surface area contributed by atoms with Gasteiger partial charge in [-0.05, 0) is 42.7 Å². The minimum atomic E-state index is -0.499. The highest BCUT2D eigenvalue weighted by Gasteiger charge is 2.19. The second kappa shape index (κ2) is 6.77. The molecule has 1 aromatic heterocycles. The maximum atomic E-state index is 12.9. The van der Waals surface area contributed by atoms with Crippen LogP contribution in [0.4, 0.5) is 10.1 Å². The summed E-state index contributed by atoms with van der Waals surface area (Å²) in [6, 6.07) is 10.6. The maximum absolute atomic E-state index is 12.9. The summed E-state index contributed by atoms with van der Waals surface area (Å²) in [5, 5.41) is 12.6. The lowest BCUT2D eigenvalue weighted by Gasteiger charge is -2.10. The fourth-order valence-corrected chi connectivity index (χ4v) is 2.18. The molecule has 2 aromatic rings. The largest absolute Gasteiger partial charge is 0.461 e. The van der Waals surface area contributed by atoms with Crippen molar-refractivity contribution in [2.75, 3.05) is 11.6 Å². The second-order valence-electron chi connectivity index (χ2n) is 3.96. The Hall–Kier alpha value is -2.52. The van der Waals surface area contributed by atoms with E-state index in [0.29, 0.717) is 10.7 Å². The highest BCUT2D eigenvalue weighted by Crippen LogP contribution is 2.23. The van der Waals surface area contributed by atoms with E-state index < -0.39 is 5.78 Å². The number of hydrogen-bond acceptors (Lipinski definition) is 5. The van der Waals surface area contributed by atoms with Crippen LogP contribution in [0.5, 0.6) is 0 Å². The molecule has 0 aliphatic heterocycles. The molecule has 1 aromatic carbocycles. The number of halogens is 1. The van der Waals surface area contributed by atoms with Crippen LogP contribution in [0.1, 0.15) is 10.6 Å². The van der Waals surface area contributed by atoms with Gasteiger partial charge in [0.1, 0.15) is 17.5 Å². The summed E-state index contributed by atoms with van der Waals surface area (Å²) in [7, 11) is 0. The van der Waals surface area contributed by atoms with E-state index in [1.54, 1.807) is 12.3 Å². The van der Waals surface area contributed by atoms with Gasteiger partial charge in [-0.2, -0.15) is 5.26 Å². The third-order valence-corrected chi connectivity index (χ3v) is 3.33. The first kappa shape index (κ1) is 14.9. The van der Waals surface area contributed by atoms with Gasteiger partial charge < -0.3 is 9.73 Å². The fourth-order valence-electron chi connectivity index (χ4n) is 1.62. The molecule has 0 bridgehead atoms. The Morgan fingerprint density at radius 1 is 1.33 bits per heavy atom. The van der Waals surface area contributed by atoms with Crippen molar-refractivity contribution in [2.45, 2.75) is 0 Å². The topological polar surface area (TPSA) is 66.0 Å². The molecule has 0 aliphatic rings. The first-order valence-electron chi connectivity index (χ1n) is 5.95. The Morgan fingerprint density at radius 3 is 2.57 bits per heavy atom. The van der Waals surface area contributed by atoms with Crippen LogP contribution in [-0.2, 0) is 0 Å². The molecule has 0 saturated heterocycles. The van der Waals surface area contributed by atoms with Crippen LogP contribution in [0.15, 0.2) is 57.7 Å². The van der Waals surface area contributed by atoms with Gasteiger partial charge in [0.05, 0.1) is 11.3 Å². The van der Waals surface area contributed by atoms with Gasteiger partial charge in [-0.3, -0.25) is 4.79 Å². The smallest absolute Gasteiger partial charge is 0.241 e. The molecule has 0 amide bonds. The van der Waals surface area contributed by atoms with E-state index >= 15 is 0 Å². The van der Waals surface area contributed by atoms with E-state index in [2.05, 4.69) is 5.32 Å². The first-order chi connectivity index (χ1) is 10.2. The lowest BCUT2D eigenvalue weighted by Crippen LogP contribution is -2.08. The van der Waals surface area contributed by atoms with Crippen LogP contribution >= 0.6 is 11.8 Å². The molecule has 1 heterocycles. The zero-order chi connectivity index (χ0) is 15.2. The Balaban J connectivity index is 2.33. The fraction of sp³-hybridized carbons (Fsp3) is 0.0667. The van der Waals surface area contributed by atoms with Crippen molar-refractivity contribution in [3.63, 3.8) is 0 Å². The summed E-state index contributed by atoms with van der Waals surface area (Å²) >= 11 is 1.22. The SMILES string of the molecule is CSC(Nc1ccc(F)cc1)=C(C#N)C(=O)c1ccco1. The number of nitrogens with zero attached hydrogens (tertiary/aromatic N) is 1. The number of carbonyl (C=O) groups is 1. The quantitative estimate of drug-likeness (QED) is 0.517. The van der Waals surface area contributed by atoms with Gasteiger partial charge >= 0.3 is 0 Å². The van der Waals surface area contributed by atoms with Crippen LogP contribution in [0.3, 0.4) is 0 Å². The number of ketones is 1. The summed E-state index contributed by atoms with van der Waals surface area (Å²) in [5.74, 6) is -0.761. The molecule has 0 fully saturated rings. The van der Waals surface area contributed by atoms with Gasteiger partial charge in [0.15, 0.2) is 5.76 Å². The molecular formula is C15H11FN2O2S. The maximum Gasteiger partial charge on any atom is 0.241 e. The number of allylic oxidation sites excluding steroid dienone is 1. The summed E-state index contributed by atoms with van der Waals surface area (Å²) in [4.78, 5) is 12.2. The van der Waals surface area contributed by atoms with Crippen molar-refractivity contribution in [1.29, 1.82) is 5.26 Å². The number of hydrogen-bond donors (Lipinski definition) is 1. The molecule has 0 radical (unpaired) electrons. The summed E-state index contributed by atoms with van der Waals surface area (Å²) in [6.07, 6.45) is 3.10. The number of anilines is 1. The summed E-state index contributed by atoms with van der Waals surface area (Å²) in [5.41, 5.74) is 0.530. The molecule has 0 unspecified atom stereocenters. The molecule has 106 valence electrons. The van der Waals surface area contributed by atoms with Gasteiger partial charge in [0.25, 0.3) is 0 Å². The number of furan rings is 1. The summed E-state index contributed by atoms with van der Waals surface area (Å²) in [6.45, 7) is 0. The third kappa shape index (κ3) is 3.52. The van der Waals surface area contributed by atoms with Gasteiger partial charge in [-0.1, -0.05) is 0 Å². The number of nitriles is 1. The monoisotopic (exact) mass is 302 g/mol. The van der Waals surface area contributed by atoms with Crippen molar-refractivity contribution in [3.05, 3.63) is 64.8 Å². The van der Waals surface area contributed by atoms with Crippen molar-refractivity contribution >= 4 is 23.2 Å². The van der Waals surface area contributed by atoms with Crippen LogP contribution < -0.4 is 5.32 Å². The van der Waals surface area contributed by atoms with E-state index in [-0.39, 0.29) is 17.2 Å². The molecule has 0 spiro atoms. The normalized spacial score (nSPS) is 11.5. The van der Waals surface area contributed by atoms with Crippen molar-refractivity contribution in [1.82, 2.24) is 0 Å². The van der Waals surface area contributed by atoms with Crippen LogP contribution in [0.2, 0.25) is 0 Å². The van der Waals surface area contributed by atoms with E-state index in [4.69, 9.17) is 4.42 Å². The predicted molar refractivity (Wildman–Crippen MR) is 79.2 cm³/mol. The summed E-state index contributed by atoms with van der Waals surface area (Å²) < 4.78 is 17.9. The lowest BCUT2D eigenvalue weighted by molar-refractivity contribution is 0.101. The van der Waals surface area contributed by atoms with Gasteiger partial charge in [0, 0.05) is 5.69 Å². The third-order valence-electron chi connectivity index (χ3n) is 2.62. The standard InChI is InChI=1S/C15H11FN2O2S/c1-21-15(18-11-6-4-10(16)5-7-11)12(9-17)14(19)13-3-2-8-20-13/h2-8,18H,1H3. The number of Topliss-reactive ketones (excluding diaryl/α,β-unsaturated/α-hetero) is 1. The molecule has 4 nitrogen and oxygen atoms in total. The van der Waals surface area contributed by atoms with Crippen molar-refractivity contribution in [3.8, 4) is 6.07 Å². The van der Waals surface area contributed by atoms with Gasteiger partial charge in [-0.15, -0.1) is 11.8 Å². The number of rotatable bonds is 5. The molecule has 2 rings (SSSR count). The highest BCUT2D eigenvalue weighted by atomic mass is 32.2. The lowest BCUT2D eigenvalue weighted by atomic mass is 10.1. The van der Waals surface area contributed by atoms with E-state index in [0.717, 1.165) is 0 Å². The number of thioether (sulfide) groups is 1. The predicted octanol–water partition coefficient (Wildman–Crippen LogP) is 3.81. The van der Waals surface area contributed by atoms with Crippen LogP contribution in [0, 0.1) is 17.1 Å². The zero-order valence-electron chi connectivity index (χ0n) is 11.1. The highest BCUT2D eigenvalue weighted by molar-refractivity contribution is 8.02. The van der Waals surface area contributed by atoms with Gasteiger partial charge in [0.2, 0.25) is 5.78 Å². The number of benzene rings is 1. The van der Waals surface area contributed by atoms with Crippen LogP contribution in [0.25, 0.3) is 0 Å². The number of nitrogens with one attached hydrogen (secondary N) is 1. The molecule has 0 aliphatic carbocycles. The molecule has 6 heteroatoms. The van der Waals surface area contributed by atoms with Crippen molar-refractivity contribution < 1.29 is 13.6 Å². The van der Waals surface area contributed by atoms with Crippen LogP contribution in [-0.4, -0.2) is 12.0 Å². The molecule has 0 saturated carbocycles. The Kier molecular flexibility index (Phi) is 4.80. The van der Waals surface area contributed by atoms with E-state index in [1.807, 2.05) is 6.07 Å². The number of carbonyl (C=O) groups excluding carboxylic acids is 1. The average Bonchev–Trinajstić information content (AvgIpc) is 3.03. The second-order valence-corrected chi connectivity index (χ2v) is 4.77. The Bertz CT molecular complexity index is 700. The van der Waals surface area contributed by atoms with Gasteiger partial charge in [-0.25, -0.2) is 4.39 Å². The van der Waals surface area contributed by atoms with E-state index in [9.17, 15) is 14.4 Å². The minimum Gasteiger partial charge on any atom is -0.461 e. The minimum absolute atomic E-state index is 0.0539. The zero-order valence-corrected chi connectivity index (χ0v) is 11.9. The first-order valence-corrected chi connectivity index (χ1v) is 7.17. The average molecular weight is 302 g/mol. The van der Waals surface area contributed by atoms with Crippen molar-refractivity contribution in [2.24, 2.45) is 0 Å². The molecule has 1 N–H and O–H groups in total. The molecular weight excluding hydrogens is 291 g/mol.